The number of hydrogen-bond donors (Lipinski definition) is 6. The SMILES string of the molecule is CC(=O)N[C@@H](CSSCCOC(=O)CNC(=O)CC[C@H](CC(=O)c1ccc(CCc2cnc3nc(N)nc(N)c3n2)cc1)C(=O)O)C(=O)O. The highest BCUT2D eigenvalue weighted by atomic mass is 33.1. The molecule has 0 aliphatic rings. The Morgan fingerprint density at radius 3 is 2.37 bits per heavy atom. The maximum Gasteiger partial charge on any atom is 0.327 e. The third-order valence-electron chi connectivity index (χ3n) is 6.80. The number of carboxylic acids is 2. The zero-order chi connectivity index (χ0) is 35.9. The van der Waals surface area contributed by atoms with Gasteiger partial charge >= 0.3 is 17.9 Å². The van der Waals surface area contributed by atoms with Crippen molar-refractivity contribution in [1.82, 2.24) is 30.6 Å². The third kappa shape index (κ3) is 13.2. The first-order valence-electron chi connectivity index (χ1n) is 14.9. The fraction of sp³-hybridized carbons (Fsp3) is 0.400. The lowest BCUT2D eigenvalue weighted by molar-refractivity contribution is -0.144. The highest BCUT2D eigenvalue weighted by Gasteiger charge is 2.23. The Kier molecular flexibility index (Phi) is 15.0. The van der Waals surface area contributed by atoms with Gasteiger partial charge in [-0.3, -0.25) is 24.0 Å². The van der Waals surface area contributed by atoms with Gasteiger partial charge < -0.3 is 37.1 Å². The largest absolute Gasteiger partial charge is 0.481 e. The number of amides is 2. The van der Waals surface area contributed by atoms with E-state index in [0.29, 0.717) is 41.0 Å². The Bertz CT molecular complexity index is 1680. The number of Topliss-reactive ketones (excluding diaryl/α,β-unsaturated/α-hetero) is 1. The molecule has 3 rings (SSSR count). The number of carbonyl (C=O) groups is 6. The minimum Gasteiger partial charge on any atom is -0.481 e. The van der Waals surface area contributed by atoms with E-state index < -0.39 is 48.2 Å². The number of nitrogens with two attached hydrogens (primary N) is 2. The molecule has 1 aromatic carbocycles. The van der Waals surface area contributed by atoms with E-state index in [0.717, 1.165) is 5.56 Å². The van der Waals surface area contributed by atoms with Crippen LogP contribution < -0.4 is 22.1 Å². The van der Waals surface area contributed by atoms with Crippen molar-refractivity contribution in [3.8, 4) is 0 Å². The van der Waals surface area contributed by atoms with E-state index in [1.165, 1.54) is 28.5 Å². The Hall–Kier alpha value is -5.04. The normalized spacial score (nSPS) is 12.1. The van der Waals surface area contributed by atoms with E-state index in [9.17, 15) is 33.9 Å². The van der Waals surface area contributed by atoms with Gasteiger partial charge in [0.15, 0.2) is 22.8 Å². The summed E-state index contributed by atoms with van der Waals surface area (Å²) in [7, 11) is 2.45. The molecular formula is C30H36N8O9S2. The van der Waals surface area contributed by atoms with Crippen LogP contribution in [-0.4, -0.2) is 96.4 Å². The van der Waals surface area contributed by atoms with Crippen LogP contribution in [0, 0.1) is 5.92 Å². The predicted molar refractivity (Wildman–Crippen MR) is 181 cm³/mol. The molecule has 3 aromatic rings. The molecule has 0 spiro atoms. The molecule has 0 aliphatic heterocycles. The summed E-state index contributed by atoms with van der Waals surface area (Å²) in [6, 6.07) is 5.73. The van der Waals surface area contributed by atoms with Crippen LogP contribution >= 0.6 is 21.6 Å². The molecule has 2 atom stereocenters. The quantitative estimate of drug-likeness (QED) is 0.0412. The van der Waals surface area contributed by atoms with E-state index >= 15 is 0 Å². The number of fused-ring (bicyclic) bond motifs is 1. The maximum absolute atomic E-state index is 12.8. The van der Waals surface area contributed by atoms with Crippen LogP contribution in [0.15, 0.2) is 30.5 Å². The number of ketones is 1. The number of ether oxygens (including phenoxy) is 1. The minimum atomic E-state index is -1.22. The highest BCUT2D eigenvalue weighted by molar-refractivity contribution is 8.76. The summed E-state index contributed by atoms with van der Waals surface area (Å²) in [6.45, 7) is 0.808. The molecule has 0 unspecified atom stereocenters. The topological polar surface area (TPSA) is 280 Å². The van der Waals surface area contributed by atoms with Crippen molar-refractivity contribution in [2.75, 3.05) is 36.1 Å². The van der Waals surface area contributed by atoms with Gasteiger partial charge in [-0.05, 0) is 24.8 Å². The standard InChI is InChI=1S/C30H36N8O9S2/c1-16(39)35-21(29(45)46)15-49-48-11-10-47-24(42)14-33-23(41)9-7-19(28(43)44)12-22(40)18-5-2-17(3-6-18)4-8-20-13-34-27-25(36-20)26(31)37-30(32)38-27/h2-3,5-6,13,19,21H,4,7-12,14-15H2,1H3,(H,33,41)(H,35,39)(H,43,44)(H,45,46)(H4,31,32,34,37,38)/t19-,21+/m1/s1. The molecule has 0 aliphatic carbocycles. The summed E-state index contributed by atoms with van der Waals surface area (Å²) in [6.07, 6.45) is 2.05. The van der Waals surface area contributed by atoms with Crippen molar-refractivity contribution in [3.63, 3.8) is 0 Å². The summed E-state index contributed by atoms with van der Waals surface area (Å²) in [5, 5.41) is 23.4. The molecule has 2 amide bonds. The molecule has 8 N–H and O–H groups in total. The lowest BCUT2D eigenvalue weighted by atomic mass is 9.93. The van der Waals surface area contributed by atoms with Crippen LogP contribution in [0.5, 0.6) is 0 Å². The van der Waals surface area contributed by atoms with Crippen molar-refractivity contribution in [2.24, 2.45) is 5.92 Å². The van der Waals surface area contributed by atoms with Crippen molar-refractivity contribution in [1.29, 1.82) is 0 Å². The Labute approximate surface area is 288 Å². The molecule has 17 nitrogen and oxygen atoms in total. The summed E-state index contributed by atoms with van der Waals surface area (Å²) >= 11 is 0. The van der Waals surface area contributed by atoms with Crippen LogP contribution in [0.1, 0.15) is 47.8 Å². The van der Waals surface area contributed by atoms with Gasteiger partial charge in [0.05, 0.1) is 17.8 Å². The second-order valence-electron chi connectivity index (χ2n) is 10.6. The van der Waals surface area contributed by atoms with E-state index in [1.54, 1.807) is 30.5 Å². The number of nitrogens with zero attached hydrogens (tertiary/aromatic N) is 4. The van der Waals surface area contributed by atoms with Crippen molar-refractivity contribution in [3.05, 3.63) is 47.3 Å². The molecule has 0 bridgehead atoms. The monoisotopic (exact) mass is 716 g/mol. The van der Waals surface area contributed by atoms with Crippen LogP contribution in [0.3, 0.4) is 0 Å². The van der Waals surface area contributed by atoms with Crippen LogP contribution in [0.25, 0.3) is 11.2 Å². The Balaban J connectivity index is 1.35. The minimum absolute atomic E-state index is 0.00914. The number of carboxylic acid groups (broad SMARTS) is 2. The summed E-state index contributed by atoms with van der Waals surface area (Å²) in [4.78, 5) is 87.5. The zero-order valence-corrected chi connectivity index (χ0v) is 28.1. The smallest absolute Gasteiger partial charge is 0.327 e. The summed E-state index contributed by atoms with van der Waals surface area (Å²) < 4.78 is 5.01. The number of hydrogen-bond acceptors (Lipinski definition) is 15. The number of aryl methyl sites for hydroxylation is 2. The Morgan fingerprint density at radius 1 is 0.959 bits per heavy atom. The molecule has 2 aromatic heterocycles. The maximum atomic E-state index is 12.8. The molecule has 49 heavy (non-hydrogen) atoms. The van der Waals surface area contributed by atoms with E-state index in [-0.39, 0.29) is 49.2 Å². The number of aromatic nitrogens is 4. The summed E-state index contributed by atoms with van der Waals surface area (Å²) in [5.41, 5.74) is 14.0. The molecule has 2 heterocycles. The van der Waals surface area contributed by atoms with Gasteiger partial charge in [-0.15, -0.1) is 0 Å². The number of carbonyl (C=O) groups excluding carboxylic acids is 4. The molecular weight excluding hydrogens is 681 g/mol. The second-order valence-corrected chi connectivity index (χ2v) is 13.2. The van der Waals surface area contributed by atoms with E-state index in [2.05, 4.69) is 30.6 Å². The first kappa shape index (κ1) is 38.4. The molecule has 0 radical (unpaired) electrons. The molecule has 0 saturated carbocycles. The third-order valence-corrected chi connectivity index (χ3v) is 9.18. The highest BCUT2D eigenvalue weighted by Crippen LogP contribution is 2.22. The van der Waals surface area contributed by atoms with Gasteiger partial charge in [-0.1, -0.05) is 45.9 Å². The first-order valence-corrected chi connectivity index (χ1v) is 17.4. The van der Waals surface area contributed by atoms with Crippen molar-refractivity contribution in [2.45, 2.75) is 45.1 Å². The van der Waals surface area contributed by atoms with Gasteiger partial charge in [0.25, 0.3) is 0 Å². The first-order chi connectivity index (χ1) is 23.3. The van der Waals surface area contributed by atoms with Gasteiger partial charge in [-0.2, -0.15) is 9.97 Å². The van der Waals surface area contributed by atoms with Gasteiger partial charge in [0.2, 0.25) is 17.8 Å². The average Bonchev–Trinajstić information content (AvgIpc) is 3.05. The van der Waals surface area contributed by atoms with Gasteiger partial charge in [0, 0.05) is 36.8 Å². The Morgan fingerprint density at radius 2 is 1.69 bits per heavy atom. The number of aliphatic carboxylic acids is 2. The number of rotatable bonds is 20. The number of nitrogens with one attached hydrogen (secondary N) is 2. The fourth-order valence-electron chi connectivity index (χ4n) is 4.29. The second kappa shape index (κ2) is 19.1. The lowest BCUT2D eigenvalue weighted by Crippen LogP contribution is -2.41. The van der Waals surface area contributed by atoms with Crippen LogP contribution in [-0.2, 0) is 41.6 Å². The van der Waals surface area contributed by atoms with Gasteiger partial charge in [0.1, 0.15) is 19.2 Å². The van der Waals surface area contributed by atoms with Crippen LogP contribution in [0.2, 0.25) is 0 Å². The van der Waals surface area contributed by atoms with Crippen molar-refractivity contribution >= 4 is 80.0 Å². The average molecular weight is 717 g/mol. The predicted octanol–water partition coefficient (Wildman–Crippen LogP) is 1.05. The fourth-order valence-corrected chi connectivity index (χ4v) is 6.27. The van der Waals surface area contributed by atoms with Crippen molar-refractivity contribution < 1.29 is 43.7 Å². The molecule has 19 heteroatoms. The van der Waals surface area contributed by atoms with E-state index in [1.807, 2.05) is 0 Å². The molecule has 262 valence electrons. The molecule has 0 saturated heterocycles. The number of benzene rings is 1. The number of anilines is 2. The lowest BCUT2D eigenvalue weighted by Gasteiger charge is -2.12. The number of nitrogen functional groups attached to an aromatic ring is 2. The molecule has 0 fully saturated rings. The summed E-state index contributed by atoms with van der Waals surface area (Å²) in [5.74, 6) is -5.00. The zero-order valence-electron chi connectivity index (χ0n) is 26.4. The van der Waals surface area contributed by atoms with E-state index in [4.69, 9.17) is 21.3 Å². The van der Waals surface area contributed by atoms with Gasteiger partial charge in [-0.25, -0.2) is 14.8 Å². The number of esters is 1. The van der Waals surface area contributed by atoms with Crippen LogP contribution in [0.4, 0.5) is 11.8 Å².